The predicted octanol–water partition coefficient (Wildman–Crippen LogP) is 3.96. The van der Waals surface area contributed by atoms with Crippen LogP contribution >= 0.6 is 0 Å². The van der Waals surface area contributed by atoms with Crippen LogP contribution < -0.4 is 10.1 Å². The van der Waals surface area contributed by atoms with E-state index in [4.69, 9.17) is 4.74 Å². The van der Waals surface area contributed by atoms with E-state index < -0.39 is 0 Å². The Hall–Kier alpha value is -2.82. The van der Waals surface area contributed by atoms with Crippen LogP contribution in [-0.2, 0) is 0 Å². The van der Waals surface area contributed by atoms with Crippen LogP contribution in [0, 0.1) is 5.82 Å². The molecular weight excluding hydrogens is 283 g/mol. The highest BCUT2D eigenvalue weighted by Crippen LogP contribution is 2.26. The van der Waals surface area contributed by atoms with E-state index in [0.29, 0.717) is 34.5 Å². The molecule has 22 heavy (non-hydrogen) atoms. The van der Waals surface area contributed by atoms with Crippen LogP contribution in [0.25, 0.3) is 10.9 Å². The predicted molar refractivity (Wildman–Crippen MR) is 83.8 cm³/mol. The number of para-hydroxylation sites is 2. The second kappa shape index (κ2) is 5.89. The Morgan fingerprint density at radius 3 is 2.91 bits per heavy atom. The van der Waals surface area contributed by atoms with E-state index in [1.54, 1.807) is 24.4 Å². The van der Waals surface area contributed by atoms with Gasteiger partial charge in [-0.15, -0.1) is 0 Å². The number of H-pyrrole nitrogens is 1. The Morgan fingerprint density at radius 1 is 1.27 bits per heavy atom. The highest BCUT2D eigenvalue weighted by molar-refractivity contribution is 6.13. The number of amides is 1. The number of rotatable bonds is 4. The van der Waals surface area contributed by atoms with Gasteiger partial charge in [0, 0.05) is 17.1 Å². The average Bonchev–Trinajstić information content (AvgIpc) is 2.92. The lowest BCUT2D eigenvalue weighted by Gasteiger charge is -2.10. The third-order valence-electron chi connectivity index (χ3n) is 3.32. The molecule has 0 aliphatic rings. The topological polar surface area (TPSA) is 54.1 Å². The van der Waals surface area contributed by atoms with Crippen LogP contribution in [0.2, 0.25) is 0 Å². The summed E-state index contributed by atoms with van der Waals surface area (Å²) < 4.78 is 18.9. The highest BCUT2D eigenvalue weighted by atomic mass is 19.1. The average molecular weight is 298 g/mol. The number of aromatic nitrogens is 1. The number of aromatic amines is 1. The summed E-state index contributed by atoms with van der Waals surface area (Å²) >= 11 is 0. The molecule has 0 fully saturated rings. The van der Waals surface area contributed by atoms with Gasteiger partial charge < -0.3 is 15.0 Å². The Morgan fingerprint density at radius 2 is 2.09 bits per heavy atom. The van der Waals surface area contributed by atoms with Crippen molar-refractivity contribution in [1.29, 1.82) is 0 Å². The zero-order valence-corrected chi connectivity index (χ0v) is 12.0. The molecule has 0 atom stereocenters. The van der Waals surface area contributed by atoms with E-state index in [1.165, 1.54) is 12.1 Å². The number of anilines is 1. The zero-order chi connectivity index (χ0) is 15.5. The molecule has 0 bridgehead atoms. The summed E-state index contributed by atoms with van der Waals surface area (Å²) in [7, 11) is 0. The van der Waals surface area contributed by atoms with Crippen molar-refractivity contribution < 1.29 is 13.9 Å². The molecule has 0 saturated carbocycles. The number of carbonyl (C=O) groups is 1. The summed E-state index contributed by atoms with van der Waals surface area (Å²) in [6.07, 6.45) is 1.57. The number of ether oxygens (including phenoxy) is 1. The van der Waals surface area contributed by atoms with Crippen LogP contribution in [0.15, 0.2) is 48.7 Å². The van der Waals surface area contributed by atoms with Crippen molar-refractivity contribution in [1.82, 2.24) is 4.98 Å². The van der Waals surface area contributed by atoms with Gasteiger partial charge in [-0.25, -0.2) is 4.39 Å². The fourth-order valence-electron chi connectivity index (χ4n) is 2.32. The lowest BCUT2D eigenvalue weighted by molar-refractivity contribution is 0.102. The maximum atomic E-state index is 13.4. The van der Waals surface area contributed by atoms with Gasteiger partial charge in [-0.05, 0) is 37.3 Å². The molecule has 0 spiro atoms. The minimum Gasteiger partial charge on any atom is -0.492 e. The molecule has 1 heterocycles. The van der Waals surface area contributed by atoms with Crippen molar-refractivity contribution >= 4 is 22.5 Å². The van der Waals surface area contributed by atoms with Gasteiger partial charge in [-0.2, -0.15) is 0 Å². The molecule has 0 unspecified atom stereocenters. The first-order valence-electron chi connectivity index (χ1n) is 6.99. The minimum absolute atomic E-state index is 0.316. The molecule has 112 valence electrons. The standard InChI is InChI=1S/C17H15FN2O2/c1-2-22-16-6-4-3-5-15(16)20-17(21)13-10-19-14-8-7-11(18)9-12(13)14/h3-10,19H,2H2,1H3,(H,20,21). The van der Waals surface area contributed by atoms with Crippen LogP contribution in [0.5, 0.6) is 5.75 Å². The Bertz CT molecular complexity index is 826. The molecule has 1 amide bonds. The maximum Gasteiger partial charge on any atom is 0.257 e. The molecule has 2 aromatic carbocycles. The van der Waals surface area contributed by atoms with E-state index in [1.807, 2.05) is 19.1 Å². The third kappa shape index (κ3) is 2.65. The quantitative estimate of drug-likeness (QED) is 0.766. The van der Waals surface area contributed by atoms with Gasteiger partial charge in [0.2, 0.25) is 0 Å². The van der Waals surface area contributed by atoms with Crippen molar-refractivity contribution in [2.75, 3.05) is 11.9 Å². The van der Waals surface area contributed by atoms with E-state index >= 15 is 0 Å². The maximum absolute atomic E-state index is 13.4. The van der Waals surface area contributed by atoms with Crippen molar-refractivity contribution in [3.05, 3.63) is 60.0 Å². The van der Waals surface area contributed by atoms with Gasteiger partial charge in [-0.3, -0.25) is 4.79 Å². The number of carbonyl (C=O) groups excluding carboxylic acids is 1. The van der Waals surface area contributed by atoms with Crippen molar-refractivity contribution in [2.24, 2.45) is 0 Å². The molecule has 5 heteroatoms. The second-order valence-corrected chi connectivity index (χ2v) is 4.78. The summed E-state index contributed by atoms with van der Waals surface area (Å²) in [6.45, 7) is 2.38. The SMILES string of the molecule is CCOc1ccccc1NC(=O)c1c[nH]c2ccc(F)cc12. The Balaban J connectivity index is 1.92. The molecule has 2 N–H and O–H groups in total. The minimum atomic E-state index is -0.379. The first kappa shape index (κ1) is 14.1. The lowest BCUT2D eigenvalue weighted by atomic mass is 10.1. The Kier molecular flexibility index (Phi) is 3.78. The zero-order valence-electron chi connectivity index (χ0n) is 12.0. The molecular formula is C17H15FN2O2. The van der Waals surface area contributed by atoms with Crippen molar-refractivity contribution in [2.45, 2.75) is 6.92 Å². The molecule has 0 aliphatic heterocycles. The fraction of sp³-hybridized carbons (Fsp3) is 0.118. The van der Waals surface area contributed by atoms with Crippen LogP contribution in [0.4, 0.5) is 10.1 Å². The van der Waals surface area contributed by atoms with Crippen molar-refractivity contribution in [3.8, 4) is 5.75 Å². The van der Waals surface area contributed by atoms with Crippen molar-refractivity contribution in [3.63, 3.8) is 0 Å². The molecule has 3 aromatic rings. The highest BCUT2D eigenvalue weighted by Gasteiger charge is 2.14. The van der Waals surface area contributed by atoms with Crippen LogP contribution in [0.3, 0.4) is 0 Å². The van der Waals surface area contributed by atoms with Gasteiger partial charge in [0.1, 0.15) is 11.6 Å². The molecule has 4 nitrogen and oxygen atoms in total. The first-order chi connectivity index (χ1) is 10.7. The second-order valence-electron chi connectivity index (χ2n) is 4.78. The molecule has 0 aliphatic carbocycles. The largest absolute Gasteiger partial charge is 0.492 e. The van der Waals surface area contributed by atoms with E-state index in [2.05, 4.69) is 10.3 Å². The number of fused-ring (bicyclic) bond motifs is 1. The number of nitrogens with one attached hydrogen (secondary N) is 2. The number of halogens is 1. The van der Waals surface area contributed by atoms with Crippen LogP contribution in [0.1, 0.15) is 17.3 Å². The number of hydrogen-bond donors (Lipinski definition) is 2. The van der Waals surface area contributed by atoms with Gasteiger partial charge in [0.15, 0.2) is 0 Å². The van der Waals surface area contributed by atoms with Gasteiger partial charge in [0.05, 0.1) is 17.9 Å². The molecule has 0 saturated heterocycles. The number of benzene rings is 2. The summed E-state index contributed by atoms with van der Waals surface area (Å²) in [5.74, 6) is -0.0933. The van der Waals surface area contributed by atoms with E-state index in [9.17, 15) is 9.18 Å². The molecule has 1 aromatic heterocycles. The summed E-state index contributed by atoms with van der Waals surface area (Å²) in [5.41, 5.74) is 1.69. The summed E-state index contributed by atoms with van der Waals surface area (Å²) in [4.78, 5) is 15.4. The summed E-state index contributed by atoms with van der Waals surface area (Å²) in [6, 6.07) is 11.5. The molecule has 3 rings (SSSR count). The Labute approximate surface area is 126 Å². The fourth-order valence-corrected chi connectivity index (χ4v) is 2.32. The van der Waals surface area contributed by atoms with E-state index in [-0.39, 0.29) is 11.7 Å². The third-order valence-corrected chi connectivity index (χ3v) is 3.32. The molecule has 0 radical (unpaired) electrons. The van der Waals surface area contributed by atoms with Gasteiger partial charge in [-0.1, -0.05) is 12.1 Å². The van der Waals surface area contributed by atoms with Gasteiger partial charge in [0.25, 0.3) is 5.91 Å². The normalized spacial score (nSPS) is 10.6. The van der Waals surface area contributed by atoms with E-state index in [0.717, 1.165) is 0 Å². The van der Waals surface area contributed by atoms with Gasteiger partial charge >= 0.3 is 0 Å². The monoisotopic (exact) mass is 298 g/mol. The lowest BCUT2D eigenvalue weighted by Crippen LogP contribution is -2.12. The summed E-state index contributed by atoms with van der Waals surface area (Å²) in [5, 5.41) is 3.35. The number of hydrogen-bond acceptors (Lipinski definition) is 2. The smallest absolute Gasteiger partial charge is 0.257 e. The van der Waals surface area contributed by atoms with Crippen LogP contribution in [-0.4, -0.2) is 17.5 Å². The first-order valence-corrected chi connectivity index (χ1v) is 6.99.